The molecule has 154 valence electrons. The minimum absolute atomic E-state index is 0.207. The molecule has 0 amide bonds. The summed E-state index contributed by atoms with van der Waals surface area (Å²) in [5, 5.41) is 0. The van der Waals surface area contributed by atoms with Crippen molar-refractivity contribution in [1.82, 2.24) is 0 Å². The maximum atomic E-state index is 14.8. The smallest absolute Gasteiger partial charge is 0.166 e. The molecular weight excluding hydrogens is 385 g/mol. The van der Waals surface area contributed by atoms with Crippen molar-refractivity contribution >= 4 is 0 Å². The molecule has 0 aliphatic carbocycles. The Morgan fingerprint density at radius 2 is 1.57 bits per heavy atom. The van der Waals surface area contributed by atoms with E-state index in [0.29, 0.717) is 23.7 Å². The van der Waals surface area contributed by atoms with Crippen molar-refractivity contribution < 1.29 is 17.9 Å². The van der Waals surface area contributed by atoms with E-state index in [0.717, 1.165) is 24.0 Å². The zero-order chi connectivity index (χ0) is 21.3. The molecule has 1 nitrogen and oxygen atoms in total. The van der Waals surface area contributed by atoms with Crippen molar-refractivity contribution in [2.75, 3.05) is 6.61 Å². The number of ether oxygens (including phenoxy) is 1. The maximum absolute atomic E-state index is 14.8. The lowest BCUT2D eigenvalue weighted by molar-refractivity contribution is -0.00700. The zero-order valence-electron chi connectivity index (χ0n) is 16.8. The monoisotopic (exact) mass is 408 g/mol. The van der Waals surface area contributed by atoms with Crippen LogP contribution in [-0.2, 0) is 4.74 Å². The molecule has 1 aliphatic heterocycles. The van der Waals surface area contributed by atoms with Crippen LogP contribution in [-0.4, -0.2) is 6.61 Å². The molecular formula is C26H23F3O. The molecule has 3 aromatic carbocycles. The molecule has 2 unspecified atom stereocenters. The van der Waals surface area contributed by atoms with E-state index in [1.165, 1.54) is 13.0 Å². The van der Waals surface area contributed by atoms with E-state index < -0.39 is 11.6 Å². The zero-order valence-corrected chi connectivity index (χ0v) is 16.8. The van der Waals surface area contributed by atoms with Crippen molar-refractivity contribution in [2.45, 2.75) is 25.9 Å². The number of hydrogen-bond donors (Lipinski definition) is 0. The summed E-state index contributed by atoms with van der Waals surface area (Å²) in [5.41, 5.74) is 3.13. The van der Waals surface area contributed by atoms with Crippen LogP contribution in [0.5, 0.6) is 0 Å². The normalized spacial score (nSPS) is 18.9. The summed E-state index contributed by atoms with van der Waals surface area (Å²) < 4.78 is 48.7. The van der Waals surface area contributed by atoms with Gasteiger partial charge in [0.25, 0.3) is 0 Å². The van der Waals surface area contributed by atoms with E-state index in [9.17, 15) is 13.2 Å². The number of aryl methyl sites for hydroxylation is 1. The highest BCUT2D eigenvalue weighted by atomic mass is 19.2. The molecule has 2 atom stereocenters. The standard InChI is InChI=1S/C26H23F3O/c1-3-17-5-13-24(30-15-17)22-12-10-20(14-23(22)27)18-6-8-19(9-7-18)21-11-4-16(2)25(28)26(21)29/h3-4,6-12,14,17,24H,1,5,13,15H2,2H3. The van der Waals surface area contributed by atoms with Gasteiger partial charge in [-0.05, 0) is 48.1 Å². The lowest BCUT2D eigenvalue weighted by atomic mass is 9.93. The van der Waals surface area contributed by atoms with Crippen molar-refractivity contribution in [3.05, 3.63) is 95.8 Å². The van der Waals surface area contributed by atoms with Gasteiger partial charge in [0, 0.05) is 17.0 Å². The average Bonchev–Trinajstić information content (AvgIpc) is 2.78. The van der Waals surface area contributed by atoms with Crippen molar-refractivity contribution in [1.29, 1.82) is 0 Å². The first-order chi connectivity index (χ1) is 14.5. The van der Waals surface area contributed by atoms with Crippen LogP contribution < -0.4 is 0 Å². The summed E-state index contributed by atoms with van der Waals surface area (Å²) in [6.07, 6.45) is 3.35. The number of benzene rings is 3. The fraction of sp³-hybridized carbons (Fsp3) is 0.231. The van der Waals surface area contributed by atoms with Crippen LogP contribution in [0.3, 0.4) is 0 Å². The molecule has 0 saturated carbocycles. The highest BCUT2D eigenvalue weighted by Crippen LogP contribution is 2.34. The topological polar surface area (TPSA) is 9.23 Å². The Hall–Kier alpha value is -2.85. The molecule has 3 aromatic rings. The third-order valence-electron chi connectivity index (χ3n) is 5.80. The van der Waals surface area contributed by atoms with Crippen LogP contribution >= 0.6 is 0 Å². The first kappa shape index (κ1) is 20.4. The minimum Gasteiger partial charge on any atom is -0.373 e. The van der Waals surface area contributed by atoms with Gasteiger partial charge in [-0.1, -0.05) is 54.6 Å². The summed E-state index contributed by atoms with van der Waals surface area (Å²) >= 11 is 0. The second kappa shape index (κ2) is 8.49. The minimum atomic E-state index is -0.857. The summed E-state index contributed by atoms with van der Waals surface area (Å²) in [6.45, 7) is 5.88. The fourth-order valence-corrected chi connectivity index (χ4v) is 3.88. The highest BCUT2D eigenvalue weighted by molar-refractivity contribution is 5.71. The molecule has 1 fully saturated rings. The maximum Gasteiger partial charge on any atom is 0.166 e. The average molecular weight is 408 g/mol. The van der Waals surface area contributed by atoms with Crippen LogP contribution in [0.1, 0.15) is 30.1 Å². The van der Waals surface area contributed by atoms with E-state index in [4.69, 9.17) is 4.74 Å². The summed E-state index contributed by atoms with van der Waals surface area (Å²) in [4.78, 5) is 0. The van der Waals surface area contributed by atoms with E-state index in [1.54, 1.807) is 42.5 Å². The van der Waals surface area contributed by atoms with E-state index >= 15 is 0 Å². The molecule has 0 spiro atoms. The van der Waals surface area contributed by atoms with Crippen molar-refractivity contribution in [2.24, 2.45) is 5.92 Å². The lowest BCUT2D eigenvalue weighted by Crippen LogP contribution is -2.19. The van der Waals surface area contributed by atoms with Crippen LogP contribution in [0.2, 0.25) is 0 Å². The van der Waals surface area contributed by atoms with Gasteiger partial charge in [-0.15, -0.1) is 6.58 Å². The van der Waals surface area contributed by atoms with E-state index in [1.807, 2.05) is 12.1 Å². The van der Waals surface area contributed by atoms with Gasteiger partial charge in [0.15, 0.2) is 11.6 Å². The van der Waals surface area contributed by atoms with E-state index in [-0.39, 0.29) is 23.0 Å². The Bertz CT molecular complexity index is 1060. The van der Waals surface area contributed by atoms with Crippen LogP contribution in [0.25, 0.3) is 22.3 Å². The van der Waals surface area contributed by atoms with Crippen LogP contribution in [0.15, 0.2) is 67.3 Å². The summed E-state index contributed by atoms with van der Waals surface area (Å²) in [6, 6.07) is 15.3. The molecule has 0 N–H and O–H groups in total. The SMILES string of the molecule is C=CC1CCC(c2ccc(-c3ccc(-c4ccc(C)c(F)c4F)cc3)cc2F)OC1. The molecule has 0 radical (unpaired) electrons. The van der Waals surface area contributed by atoms with Gasteiger partial charge in [0.2, 0.25) is 0 Å². The molecule has 0 aromatic heterocycles. The predicted molar refractivity (Wildman–Crippen MR) is 114 cm³/mol. The molecule has 0 bridgehead atoms. The van der Waals surface area contributed by atoms with Gasteiger partial charge in [-0.25, -0.2) is 13.2 Å². The fourth-order valence-electron chi connectivity index (χ4n) is 3.88. The third kappa shape index (κ3) is 3.92. The van der Waals surface area contributed by atoms with Gasteiger partial charge < -0.3 is 4.74 Å². The van der Waals surface area contributed by atoms with Crippen molar-refractivity contribution in [3.63, 3.8) is 0 Å². The Kier molecular flexibility index (Phi) is 5.78. The van der Waals surface area contributed by atoms with E-state index in [2.05, 4.69) is 6.58 Å². The van der Waals surface area contributed by atoms with Gasteiger partial charge >= 0.3 is 0 Å². The Balaban J connectivity index is 1.56. The van der Waals surface area contributed by atoms with Crippen molar-refractivity contribution in [3.8, 4) is 22.3 Å². The molecule has 30 heavy (non-hydrogen) atoms. The number of rotatable bonds is 4. The Morgan fingerprint density at radius 1 is 0.867 bits per heavy atom. The van der Waals surface area contributed by atoms with Gasteiger partial charge in [-0.2, -0.15) is 0 Å². The Morgan fingerprint density at radius 3 is 2.20 bits per heavy atom. The Labute approximate surface area is 174 Å². The molecule has 1 heterocycles. The van der Waals surface area contributed by atoms with Gasteiger partial charge in [0.1, 0.15) is 5.82 Å². The summed E-state index contributed by atoms with van der Waals surface area (Å²) in [5.74, 6) is -1.66. The van der Waals surface area contributed by atoms with Gasteiger partial charge in [-0.3, -0.25) is 0 Å². The predicted octanol–water partition coefficient (Wildman–Crippen LogP) is 7.40. The van der Waals surface area contributed by atoms with Crippen LogP contribution in [0, 0.1) is 30.3 Å². The third-order valence-corrected chi connectivity index (χ3v) is 5.80. The summed E-state index contributed by atoms with van der Waals surface area (Å²) in [7, 11) is 0. The second-order valence-electron chi connectivity index (χ2n) is 7.77. The first-order valence-electron chi connectivity index (χ1n) is 10.1. The number of hydrogen-bond acceptors (Lipinski definition) is 1. The molecule has 1 saturated heterocycles. The largest absolute Gasteiger partial charge is 0.373 e. The quantitative estimate of drug-likeness (QED) is 0.409. The second-order valence-corrected chi connectivity index (χ2v) is 7.77. The lowest BCUT2D eigenvalue weighted by Gasteiger charge is -2.28. The van der Waals surface area contributed by atoms with Crippen LogP contribution in [0.4, 0.5) is 13.2 Å². The molecule has 4 heteroatoms. The van der Waals surface area contributed by atoms with Gasteiger partial charge in [0.05, 0.1) is 12.7 Å². The molecule has 1 aliphatic rings. The molecule has 4 rings (SSSR count). The number of halogens is 3. The first-order valence-corrected chi connectivity index (χ1v) is 10.1. The highest BCUT2D eigenvalue weighted by Gasteiger charge is 2.23.